The van der Waals surface area contributed by atoms with Crippen LogP contribution in [0.25, 0.3) is 0 Å². The molecule has 0 aromatic heterocycles. The Morgan fingerprint density at radius 1 is 1.07 bits per heavy atom. The predicted molar refractivity (Wildman–Crippen MR) is 105 cm³/mol. The largest absolute Gasteiger partial charge is 0.497 e. The van der Waals surface area contributed by atoms with Crippen molar-refractivity contribution in [2.75, 3.05) is 26.7 Å². The van der Waals surface area contributed by atoms with Crippen molar-refractivity contribution in [3.05, 3.63) is 65.5 Å². The van der Waals surface area contributed by atoms with Gasteiger partial charge >= 0.3 is 0 Å². The van der Waals surface area contributed by atoms with Crippen molar-refractivity contribution >= 4 is 5.91 Å². The first-order valence-corrected chi connectivity index (χ1v) is 9.60. The molecule has 0 bridgehead atoms. The average Bonchev–Trinajstić information content (AvgIpc) is 2.98. The third-order valence-electron chi connectivity index (χ3n) is 5.16. The second-order valence-electron chi connectivity index (χ2n) is 6.93. The lowest BCUT2D eigenvalue weighted by Gasteiger charge is -2.31. The summed E-state index contributed by atoms with van der Waals surface area (Å²) < 4.78 is 19.2. The molecule has 1 saturated heterocycles. The van der Waals surface area contributed by atoms with Crippen molar-refractivity contribution in [1.82, 2.24) is 10.2 Å². The predicted octanol–water partition coefficient (Wildman–Crippen LogP) is 4.18. The zero-order valence-corrected chi connectivity index (χ0v) is 15.8. The van der Waals surface area contributed by atoms with E-state index < -0.39 is 5.82 Å². The van der Waals surface area contributed by atoms with E-state index in [9.17, 15) is 9.18 Å². The average molecular weight is 370 g/mol. The van der Waals surface area contributed by atoms with Gasteiger partial charge in [0.25, 0.3) is 5.91 Å². The van der Waals surface area contributed by atoms with Gasteiger partial charge in [0, 0.05) is 6.54 Å². The van der Waals surface area contributed by atoms with Gasteiger partial charge in [0.2, 0.25) is 0 Å². The van der Waals surface area contributed by atoms with Crippen LogP contribution in [0.5, 0.6) is 5.75 Å². The van der Waals surface area contributed by atoms with Gasteiger partial charge in [0.1, 0.15) is 11.6 Å². The van der Waals surface area contributed by atoms with Crippen LogP contribution in [0.4, 0.5) is 4.39 Å². The van der Waals surface area contributed by atoms with Crippen LogP contribution in [0.2, 0.25) is 0 Å². The van der Waals surface area contributed by atoms with Crippen LogP contribution in [0, 0.1) is 5.82 Å². The summed E-state index contributed by atoms with van der Waals surface area (Å²) in [6, 6.07) is 14.1. The number of methoxy groups -OCH3 is 1. The van der Waals surface area contributed by atoms with Crippen molar-refractivity contribution in [3.8, 4) is 5.75 Å². The molecule has 0 saturated carbocycles. The molecule has 2 aromatic carbocycles. The lowest BCUT2D eigenvalue weighted by molar-refractivity contribution is 0.0929. The molecule has 3 rings (SSSR count). The van der Waals surface area contributed by atoms with E-state index in [4.69, 9.17) is 4.74 Å². The summed E-state index contributed by atoms with van der Waals surface area (Å²) in [5.74, 6) is -0.0593. The lowest BCUT2D eigenvalue weighted by atomic mass is 10.0. The number of hydrogen-bond acceptors (Lipinski definition) is 3. The zero-order chi connectivity index (χ0) is 19.1. The van der Waals surface area contributed by atoms with Gasteiger partial charge < -0.3 is 10.1 Å². The fraction of sp³-hybridized carbons (Fsp3) is 0.409. The Hall–Kier alpha value is -2.40. The van der Waals surface area contributed by atoms with Gasteiger partial charge in [-0.05, 0) is 55.8 Å². The summed E-state index contributed by atoms with van der Waals surface area (Å²) in [4.78, 5) is 14.9. The number of carbonyl (C=O) groups is 1. The Balaban J connectivity index is 1.76. The van der Waals surface area contributed by atoms with Crippen molar-refractivity contribution in [2.45, 2.75) is 31.7 Å². The molecule has 4 nitrogen and oxygen atoms in total. The molecule has 0 spiro atoms. The van der Waals surface area contributed by atoms with Crippen LogP contribution >= 0.6 is 0 Å². The van der Waals surface area contributed by atoms with E-state index in [1.165, 1.54) is 25.0 Å². The Bertz CT molecular complexity index is 740. The molecule has 1 aliphatic rings. The first kappa shape index (κ1) is 19.4. The summed E-state index contributed by atoms with van der Waals surface area (Å²) in [7, 11) is 1.65. The minimum atomic E-state index is -0.495. The summed E-state index contributed by atoms with van der Waals surface area (Å²) in [6.07, 6.45) is 4.81. The van der Waals surface area contributed by atoms with Crippen molar-refractivity contribution in [2.24, 2.45) is 0 Å². The maximum atomic E-state index is 13.9. The second kappa shape index (κ2) is 9.51. The van der Waals surface area contributed by atoms with Gasteiger partial charge in [-0.2, -0.15) is 0 Å². The second-order valence-corrected chi connectivity index (χ2v) is 6.93. The monoisotopic (exact) mass is 370 g/mol. The highest BCUT2D eigenvalue weighted by Gasteiger charge is 2.23. The van der Waals surface area contributed by atoms with Crippen LogP contribution in [0.3, 0.4) is 0 Å². The molecule has 1 atom stereocenters. The molecule has 0 radical (unpaired) electrons. The van der Waals surface area contributed by atoms with Crippen LogP contribution < -0.4 is 10.1 Å². The molecule has 5 heteroatoms. The van der Waals surface area contributed by atoms with E-state index in [1.807, 2.05) is 24.3 Å². The molecule has 1 aliphatic heterocycles. The number of amides is 1. The highest BCUT2D eigenvalue weighted by Crippen LogP contribution is 2.25. The molecule has 1 amide bonds. The number of halogens is 1. The Labute approximate surface area is 160 Å². The molecule has 1 fully saturated rings. The van der Waals surface area contributed by atoms with Gasteiger partial charge in [0.15, 0.2) is 0 Å². The summed E-state index contributed by atoms with van der Waals surface area (Å²) in [6.45, 7) is 2.46. The molecule has 0 aliphatic carbocycles. The molecular formula is C22H27FN2O2. The van der Waals surface area contributed by atoms with Crippen LogP contribution in [0.1, 0.15) is 47.6 Å². The third-order valence-corrected chi connectivity index (χ3v) is 5.16. The maximum Gasteiger partial charge on any atom is 0.254 e. The lowest BCUT2D eigenvalue weighted by Crippen LogP contribution is -2.38. The molecule has 2 aromatic rings. The number of carbonyl (C=O) groups excluding carboxylic acids is 1. The number of likely N-dealkylation sites (tertiary alicyclic amines) is 1. The normalized spacial score (nSPS) is 16.4. The number of nitrogens with one attached hydrogen (secondary N) is 1. The van der Waals surface area contributed by atoms with Crippen LogP contribution in [-0.4, -0.2) is 37.6 Å². The first-order chi connectivity index (χ1) is 13.2. The summed E-state index contributed by atoms with van der Waals surface area (Å²) in [5, 5.41) is 2.93. The highest BCUT2D eigenvalue weighted by atomic mass is 19.1. The summed E-state index contributed by atoms with van der Waals surface area (Å²) >= 11 is 0. The fourth-order valence-electron chi connectivity index (χ4n) is 3.62. The molecule has 144 valence electrons. The SMILES string of the molecule is COc1ccc([C@H](CNC(=O)c2ccccc2F)N2CCCCCC2)cc1. The number of hydrogen-bond donors (Lipinski definition) is 1. The van der Waals surface area contributed by atoms with E-state index in [0.717, 1.165) is 37.2 Å². The molecule has 1 heterocycles. The molecule has 0 unspecified atom stereocenters. The van der Waals surface area contributed by atoms with Gasteiger partial charge in [-0.15, -0.1) is 0 Å². The van der Waals surface area contributed by atoms with Crippen LogP contribution in [-0.2, 0) is 0 Å². The molecular weight excluding hydrogens is 343 g/mol. The van der Waals surface area contributed by atoms with Crippen molar-refractivity contribution in [1.29, 1.82) is 0 Å². The zero-order valence-electron chi connectivity index (χ0n) is 15.8. The fourth-order valence-corrected chi connectivity index (χ4v) is 3.62. The molecule has 1 N–H and O–H groups in total. The minimum absolute atomic E-state index is 0.0599. The first-order valence-electron chi connectivity index (χ1n) is 9.60. The molecule has 27 heavy (non-hydrogen) atoms. The van der Waals surface area contributed by atoms with E-state index >= 15 is 0 Å². The smallest absolute Gasteiger partial charge is 0.254 e. The topological polar surface area (TPSA) is 41.6 Å². The van der Waals surface area contributed by atoms with Crippen molar-refractivity contribution in [3.63, 3.8) is 0 Å². The summed E-state index contributed by atoms with van der Waals surface area (Å²) in [5.41, 5.74) is 1.22. The highest BCUT2D eigenvalue weighted by molar-refractivity contribution is 5.94. The third kappa shape index (κ3) is 5.07. The van der Waals surface area contributed by atoms with Crippen LogP contribution in [0.15, 0.2) is 48.5 Å². The number of ether oxygens (including phenoxy) is 1. The van der Waals surface area contributed by atoms with E-state index in [2.05, 4.69) is 10.2 Å². The van der Waals surface area contributed by atoms with Crippen molar-refractivity contribution < 1.29 is 13.9 Å². The standard InChI is InChI=1S/C22H27FN2O2/c1-27-18-12-10-17(11-13-18)21(25-14-6-2-3-7-15-25)16-24-22(26)19-8-4-5-9-20(19)23/h4-5,8-13,21H,2-3,6-7,14-16H2,1H3,(H,24,26)/t21-/m0/s1. The van der Waals surface area contributed by atoms with Gasteiger partial charge in [-0.25, -0.2) is 4.39 Å². The Morgan fingerprint density at radius 3 is 2.37 bits per heavy atom. The van der Waals surface area contributed by atoms with E-state index in [1.54, 1.807) is 19.2 Å². The van der Waals surface area contributed by atoms with Gasteiger partial charge in [-0.1, -0.05) is 37.1 Å². The van der Waals surface area contributed by atoms with E-state index in [-0.39, 0.29) is 17.5 Å². The van der Waals surface area contributed by atoms with Gasteiger partial charge in [-0.3, -0.25) is 9.69 Å². The number of rotatable bonds is 6. The Morgan fingerprint density at radius 2 is 1.74 bits per heavy atom. The maximum absolute atomic E-state index is 13.9. The Kier molecular flexibility index (Phi) is 6.82. The van der Waals surface area contributed by atoms with Gasteiger partial charge in [0.05, 0.1) is 18.7 Å². The number of nitrogens with zero attached hydrogens (tertiary/aromatic N) is 1. The minimum Gasteiger partial charge on any atom is -0.497 e. The number of benzene rings is 2. The van der Waals surface area contributed by atoms with E-state index in [0.29, 0.717) is 6.54 Å². The quantitative estimate of drug-likeness (QED) is 0.829.